The molecule has 4 rings (SSSR count). The molecule has 9 heteroatoms. The molecular weight excluding hydrogens is 455 g/mol. The third-order valence-electron chi connectivity index (χ3n) is 4.42. The summed E-state index contributed by atoms with van der Waals surface area (Å²) in [6.07, 6.45) is 0. The Kier molecular flexibility index (Phi) is 6.55. The SMILES string of the molecule is Cc1nc(-c2ccsc2)sc1C(=O)OCC(=O)NC(c1ccc(F)cc1)c1cccs1. The van der Waals surface area contributed by atoms with Gasteiger partial charge in [0.2, 0.25) is 0 Å². The Morgan fingerprint density at radius 3 is 2.65 bits per heavy atom. The molecule has 0 radical (unpaired) electrons. The lowest BCUT2D eigenvalue weighted by atomic mass is 10.1. The largest absolute Gasteiger partial charge is 0.451 e. The molecule has 5 nitrogen and oxygen atoms in total. The number of aromatic nitrogens is 1. The minimum absolute atomic E-state index is 0.351. The number of halogens is 1. The molecule has 3 aromatic heterocycles. The summed E-state index contributed by atoms with van der Waals surface area (Å²) in [7, 11) is 0. The van der Waals surface area contributed by atoms with Crippen LogP contribution in [0.5, 0.6) is 0 Å². The van der Waals surface area contributed by atoms with E-state index in [1.807, 2.05) is 34.3 Å². The first-order valence-electron chi connectivity index (χ1n) is 9.26. The monoisotopic (exact) mass is 472 g/mol. The second kappa shape index (κ2) is 9.51. The third kappa shape index (κ3) is 5.07. The Hall–Kier alpha value is -2.88. The quantitative estimate of drug-likeness (QED) is 0.364. The number of ether oxygens (including phenoxy) is 1. The summed E-state index contributed by atoms with van der Waals surface area (Å²) < 4.78 is 18.5. The molecule has 1 unspecified atom stereocenters. The van der Waals surface area contributed by atoms with Gasteiger partial charge in [0.1, 0.15) is 15.7 Å². The van der Waals surface area contributed by atoms with Gasteiger partial charge in [0, 0.05) is 15.8 Å². The number of aryl methyl sites for hydroxylation is 1. The fourth-order valence-corrected chi connectivity index (χ4v) is 5.40. The van der Waals surface area contributed by atoms with Crippen molar-refractivity contribution in [2.45, 2.75) is 13.0 Å². The standard InChI is InChI=1S/C22H17FN2O3S3/c1-13-20(31-21(24-13)15-8-10-29-12-15)22(27)28-11-18(26)25-19(17-3-2-9-30-17)14-4-6-16(23)7-5-14/h2-10,12,19H,11H2,1H3,(H,25,26). The number of nitrogens with zero attached hydrogens (tertiary/aromatic N) is 1. The van der Waals surface area contributed by atoms with Crippen molar-refractivity contribution in [3.8, 4) is 10.6 Å². The molecule has 1 N–H and O–H groups in total. The Balaban J connectivity index is 1.42. The van der Waals surface area contributed by atoms with Crippen LogP contribution in [0.3, 0.4) is 0 Å². The Bertz CT molecular complexity index is 1170. The highest BCUT2D eigenvalue weighted by Gasteiger charge is 2.21. The summed E-state index contributed by atoms with van der Waals surface area (Å²) >= 11 is 4.27. The lowest BCUT2D eigenvalue weighted by molar-refractivity contribution is -0.124. The maximum Gasteiger partial charge on any atom is 0.350 e. The van der Waals surface area contributed by atoms with Crippen molar-refractivity contribution in [3.05, 3.63) is 85.4 Å². The van der Waals surface area contributed by atoms with E-state index in [0.29, 0.717) is 10.6 Å². The highest BCUT2D eigenvalue weighted by molar-refractivity contribution is 7.17. The number of benzene rings is 1. The van der Waals surface area contributed by atoms with Crippen LogP contribution >= 0.6 is 34.0 Å². The van der Waals surface area contributed by atoms with Crippen molar-refractivity contribution in [1.82, 2.24) is 10.3 Å². The number of thiazole rings is 1. The van der Waals surface area contributed by atoms with Gasteiger partial charge in [-0.15, -0.1) is 22.7 Å². The molecule has 0 aliphatic rings. The first kappa shape index (κ1) is 21.4. The van der Waals surface area contributed by atoms with E-state index in [9.17, 15) is 14.0 Å². The van der Waals surface area contributed by atoms with Gasteiger partial charge >= 0.3 is 5.97 Å². The average Bonchev–Trinajstić information content (AvgIpc) is 3.52. The Morgan fingerprint density at radius 2 is 1.97 bits per heavy atom. The summed E-state index contributed by atoms with van der Waals surface area (Å²) in [5.74, 6) is -1.38. The van der Waals surface area contributed by atoms with Gasteiger partial charge in [-0.2, -0.15) is 11.3 Å². The van der Waals surface area contributed by atoms with Crippen LogP contribution in [0.15, 0.2) is 58.6 Å². The van der Waals surface area contributed by atoms with Gasteiger partial charge in [-0.1, -0.05) is 18.2 Å². The first-order chi connectivity index (χ1) is 15.0. The number of thiophene rings is 2. The molecule has 31 heavy (non-hydrogen) atoms. The molecular formula is C22H17FN2O3S3. The number of carbonyl (C=O) groups excluding carboxylic acids is 2. The summed E-state index contributed by atoms with van der Waals surface area (Å²) in [4.78, 5) is 30.7. The molecule has 1 amide bonds. The van der Waals surface area contributed by atoms with Gasteiger partial charge in [-0.25, -0.2) is 14.2 Å². The second-order valence-corrected chi connectivity index (χ2v) is 9.35. The zero-order valence-corrected chi connectivity index (χ0v) is 18.8. The van der Waals surface area contributed by atoms with Gasteiger partial charge in [0.15, 0.2) is 6.61 Å². The van der Waals surface area contributed by atoms with Crippen molar-refractivity contribution in [3.63, 3.8) is 0 Å². The predicted octanol–water partition coefficient (Wildman–Crippen LogP) is 5.44. The van der Waals surface area contributed by atoms with E-state index >= 15 is 0 Å². The van der Waals surface area contributed by atoms with E-state index in [4.69, 9.17) is 4.74 Å². The molecule has 0 bridgehead atoms. The summed E-state index contributed by atoms with van der Waals surface area (Å²) in [6.45, 7) is 1.32. The minimum atomic E-state index is -0.582. The highest BCUT2D eigenvalue weighted by Crippen LogP contribution is 2.30. The maximum atomic E-state index is 13.3. The van der Waals surface area contributed by atoms with E-state index in [-0.39, 0.29) is 5.82 Å². The van der Waals surface area contributed by atoms with Gasteiger partial charge in [-0.05, 0) is 47.5 Å². The zero-order chi connectivity index (χ0) is 21.8. The molecule has 0 spiro atoms. The van der Waals surface area contributed by atoms with Crippen molar-refractivity contribution in [2.24, 2.45) is 0 Å². The summed E-state index contributed by atoms with van der Waals surface area (Å²) in [5.41, 5.74) is 2.26. The fraction of sp³-hybridized carbons (Fsp3) is 0.136. The molecule has 0 saturated heterocycles. The number of rotatable bonds is 7. The van der Waals surface area contributed by atoms with Gasteiger partial charge in [0.25, 0.3) is 5.91 Å². The second-order valence-electron chi connectivity index (χ2n) is 6.59. The van der Waals surface area contributed by atoms with Crippen LogP contribution in [-0.4, -0.2) is 23.5 Å². The lowest BCUT2D eigenvalue weighted by Crippen LogP contribution is -2.32. The molecule has 158 valence electrons. The topological polar surface area (TPSA) is 68.3 Å². The summed E-state index contributed by atoms with van der Waals surface area (Å²) in [6, 6.07) is 11.2. The van der Waals surface area contributed by atoms with Gasteiger partial charge < -0.3 is 10.1 Å². The molecule has 0 saturated carbocycles. The summed E-state index contributed by atoms with van der Waals surface area (Å²) in [5, 5.41) is 9.41. The average molecular weight is 473 g/mol. The van der Waals surface area contributed by atoms with Crippen LogP contribution < -0.4 is 5.32 Å². The Labute approximate surface area is 190 Å². The molecule has 3 heterocycles. The molecule has 0 fully saturated rings. The van der Waals surface area contributed by atoms with Crippen LogP contribution in [0.25, 0.3) is 10.6 Å². The fourth-order valence-electron chi connectivity index (χ4n) is 2.92. The van der Waals surface area contributed by atoms with Crippen molar-refractivity contribution in [2.75, 3.05) is 6.61 Å². The number of amides is 1. The minimum Gasteiger partial charge on any atom is -0.451 e. The normalized spacial score (nSPS) is 11.8. The molecule has 0 aliphatic carbocycles. The van der Waals surface area contributed by atoms with Gasteiger partial charge in [0.05, 0.1) is 11.7 Å². The van der Waals surface area contributed by atoms with E-state index in [0.717, 1.165) is 21.0 Å². The van der Waals surface area contributed by atoms with E-state index in [1.165, 1.54) is 34.8 Å². The number of hydrogen-bond donors (Lipinski definition) is 1. The number of hydrogen-bond acceptors (Lipinski definition) is 7. The number of carbonyl (C=O) groups is 2. The van der Waals surface area contributed by atoms with Crippen LogP contribution in [0.1, 0.15) is 31.8 Å². The molecule has 4 aromatic rings. The van der Waals surface area contributed by atoms with E-state index < -0.39 is 24.5 Å². The highest BCUT2D eigenvalue weighted by atomic mass is 32.1. The van der Waals surface area contributed by atoms with E-state index in [2.05, 4.69) is 10.3 Å². The van der Waals surface area contributed by atoms with Crippen molar-refractivity contribution >= 4 is 45.9 Å². The van der Waals surface area contributed by atoms with Crippen molar-refractivity contribution < 1.29 is 18.7 Å². The predicted molar refractivity (Wildman–Crippen MR) is 121 cm³/mol. The maximum absolute atomic E-state index is 13.3. The smallest absolute Gasteiger partial charge is 0.350 e. The van der Waals surface area contributed by atoms with Crippen LogP contribution in [0.2, 0.25) is 0 Å². The van der Waals surface area contributed by atoms with Crippen LogP contribution in [0, 0.1) is 12.7 Å². The molecule has 0 aliphatic heterocycles. The first-order valence-corrected chi connectivity index (χ1v) is 11.9. The molecule has 1 aromatic carbocycles. The third-order valence-corrected chi connectivity index (χ3v) is 7.23. The van der Waals surface area contributed by atoms with Crippen molar-refractivity contribution in [1.29, 1.82) is 0 Å². The van der Waals surface area contributed by atoms with Crippen LogP contribution in [-0.2, 0) is 9.53 Å². The number of esters is 1. The van der Waals surface area contributed by atoms with Gasteiger partial charge in [-0.3, -0.25) is 4.79 Å². The lowest BCUT2D eigenvalue weighted by Gasteiger charge is -2.18. The molecule has 1 atom stereocenters. The number of nitrogens with one attached hydrogen (secondary N) is 1. The zero-order valence-electron chi connectivity index (χ0n) is 16.3. The van der Waals surface area contributed by atoms with Crippen LogP contribution in [0.4, 0.5) is 4.39 Å². The Morgan fingerprint density at radius 1 is 1.16 bits per heavy atom. The van der Waals surface area contributed by atoms with E-state index in [1.54, 1.807) is 30.4 Å².